The van der Waals surface area contributed by atoms with E-state index in [0.29, 0.717) is 11.3 Å². The van der Waals surface area contributed by atoms with Crippen LogP contribution in [0.15, 0.2) is 48.5 Å². The van der Waals surface area contributed by atoms with Crippen molar-refractivity contribution >= 4 is 17.4 Å². The van der Waals surface area contributed by atoms with Gasteiger partial charge in [0.2, 0.25) is 5.91 Å². The van der Waals surface area contributed by atoms with E-state index >= 15 is 0 Å². The number of nitrogens with zero attached hydrogens (tertiary/aromatic N) is 1. The summed E-state index contributed by atoms with van der Waals surface area (Å²) < 4.78 is 0. The minimum absolute atomic E-state index is 0.0505. The summed E-state index contributed by atoms with van der Waals surface area (Å²) in [4.78, 5) is 26.5. The lowest BCUT2D eigenvalue weighted by Crippen LogP contribution is -2.44. The molecule has 4 nitrogen and oxygen atoms in total. The van der Waals surface area contributed by atoms with Crippen molar-refractivity contribution in [3.63, 3.8) is 0 Å². The molecule has 0 aromatic heterocycles. The predicted octanol–water partition coefficient (Wildman–Crippen LogP) is 3.27. The first kappa shape index (κ1) is 16.4. The number of carbonyl (C=O) groups is 2. The largest absolute Gasteiger partial charge is 0.324 e. The Labute approximate surface area is 142 Å². The first-order valence-corrected chi connectivity index (χ1v) is 8.28. The molecule has 24 heavy (non-hydrogen) atoms. The average Bonchev–Trinajstić information content (AvgIpc) is 2.61. The normalized spacial score (nSPS) is 15.4. The number of para-hydroxylation sites is 1. The number of amides is 1. The number of benzene rings is 2. The Morgan fingerprint density at radius 1 is 1.04 bits per heavy atom. The topological polar surface area (TPSA) is 49.4 Å². The summed E-state index contributed by atoms with van der Waals surface area (Å²) in [6.45, 7) is 5.06. The fourth-order valence-electron chi connectivity index (χ4n) is 3.15. The number of nitrogens with one attached hydrogen (secondary N) is 1. The Morgan fingerprint density at radius 2 is 1.71 bits per heavy atom. The van der Waals surface area contributed by atoms with Gasteiger partial charge in [0.1, 0.15) is 0 Å². The Hall–Kier alpha value is -2.46. The SMILES string of the molecule is CC(=O)c1ccccc1NC(=O)[C@H](C)N1CCc2ccccc2C1. The second-order valence-corrected chi connectivity index (χ2v) is 6.26. The molecule has 0 saturated carbocycles. The number of Topliss-reactive ketones (excluding diaryl/α,β-unsaturated/α-hetero) is 1. The van der Waals surface area contributed by atoms with E-state index in [1.807, 2.05) is 19.1 Å². The highest BCUT2D eigenvalue weighted by molar-refractivity contribution is 6.04. The molecule has 2 aromatic rings. The number of hydrogen-bond acceptors (Lipinski definition) is 3. The summed E-state index contributed by atoms with van der Waals surface area (Å²) in [5.74, 6) is -0.131. The van der Waals surface area contributed by atoms with Crippen LogP contribution >= 0.6 is 0 Å². The maximum Gasteiger partial charge on any atom is 0.241 e. The van der Waals surface area contributed by atoms with Crippen molar-refractivity contribution in [1.29, 1.82) is 0 Å². The minimum Gasteiger partial charge on any atom is -0.324 e. The van der Waals surface area contributed by atoms with E-state index in [1.165, 1.54) is 18.1 Å². The standard InChI is InChI=1S/C20H22N2O2/c1-14(22-12-11-16-7-3-4-8-17(16)13-22)20(24)21-19-10-6-5-9-18(19)15(2)23/h3-10,14H,11-13H2,1-2H3,(H,21,24)/t14-/m0/s1. The van der Waals surface area contributed by atoms with Crippen molar-refractivity contribution in [2.24, 2.45) is 0 Å². The lowest BCUT2D eigenvalue weighted by atomic mass is 9.98. The minimum atomic E-state index is -0.252. The van der Waals surface area contributed by atoms with Crippen molar-refractivity contribution in [3.8, 4) is 0 Å². The molecule has 124 valence electrons. The number of anilines is 1. The number of ketones is 1. The molecule has 0 unspecified atom stereocenters. The summed E-state index contributed by atoms with van der Waals surface area (Å²) in [6.07, 6.45) is 0.956. The quantitative estimate of drug-likeness (QED) is 0.879. The smallest absolute Gasteiger partial charge is 0.241 e. The first-order valence-electron chi connectivity index (χ1n) is 8.28. The zero-order valence-corrected chi connectivity index (χ0v) is 14.1. The monoisotopic (exact) mass is 322 g/mol. The number of fused-ring (bicyclic) bond motifs is 1. The van der Waals surface area contributed by atoms with Gasteiger partial charge in [-0.05, 0) is 43.5 Å². The van der Waals surface area contributed by atoms with Crippen LogP contribution in [0.3, 0.4) is 0 Å². The van der Waals surface area contributed by atoms with E-state index < -0.39 is 0 Å². The average molecular weight is 322 g/mol. The third kappa shape index (κ3) is 3.39. The van der Waals surface area contributed by atoms with Gasteiger partial charge in [0.15, 0.2) is 5.78 Å². The van der Waals surface area contributed by atoms with Crippen LogP contribution in [0, 0.1) is 0 Å². The molecule has 1 heterocycles. The molecular weight excluding hydrogens is 300 g/mol. The van der Waals surface area contributed by atoms with Gasteiger partial charge in [-0.25, -0.2) is 0 Å². The van der Waals surface area contributed by atoms with E-state index in [9.17, 15) is 9.59 Å². The molecule has 1 N–H and O–H groups in total. The van der Waals surface area contributed by atoms with Gasteiger partial charge in [-0.15, -0.1) is 0 Å². The van der Waals surface area contributed by atoms with Gasteiger partial charge in [-0.3, -0.25) is 14.5 Å². The van der Waals surface area contributed by atoms with Crippen molar-refractivity contribution in [2.75, 3.05) is 11.9 Å². The summed E-state index contributed by atoms with van der Waals surface area (Å²) >= 11 is 0. The lowest BCUT2D eigenvalue weighted by molar-refractivity contribution is -0.121. The molecule has 0 bridgehead atoms. The van der Waals surface area contributed by atoms with E-state index in [-0.39, 0.29) is 17.7 Å². The van der Waals surface area contributed by atoms with Gasteiger partial charge in [0, 0.05) is 18.7 Å². The van der Waals surface area contributed by atoms with E-state index in [4.69, 9.17) is 0 Å². The highest BCUT2D eigenvalue weighted by Gasteiger charge is 2.25. The van der Waals surface area contributed by atoms with Gasteiger partial charge in [0.25, 0.3) is 0 Å². The number of hydrogen-bond donors (Lipinski definition) is 1. The van der Waals surface area contributed by atoms with Crippen molar-refractivity contribution in [2.45, 2.75) is 32.9 Å². The summed E-state index contributed by atoms with van der Waals surface area (Å²) in [5, 5.41) is 2.91. The van der Waals surface area contributed by atoms with Gasteiger partial charge in [-0.1, -0.05) is 36.4 Å². The summed E-state index contributed by atoms with van der Waals surface area (Å²) in [5.41, 5.74) is 3.78. The van der Waals surface area contributed by atoms with Crippen LogP contribution in [0.4, 0.5) is 5.69 Å². The van der Waals surface area contributed by atoms with Gasteiger partial charge in [-0.2, -0.15) is 0 Å². The molecule has 1 aliphatic heterocycles. The van der Waals surface area contributed by atoms with Crippen molar-refractivity contribution < 1.29 is 9.59 Å². The number of rotatable bonds is 4. The molecule has 4 heteroatoms. The third-order valence-corrected chi connectivity index (χ3v) is 4.65. The molecule has 2 aromatic carbocycles. The van der Waals surface area contributed by atoms with Crippen LogP contribution in [0.5, 0.6) is 0 Å². The van der Waals surface area contributed by atoms with Crippen molar-refractivity contribution in [1.82, 2.24) is 4.90 Å². The zero-order chi connectivity index (χ0) is 17.1. The molecule has 1 atom stereocenters. The van der Waals surface area contributed by atoms with Crippen LogP contribution in [-0.2, 0) is 17.8 Å². The Morgan fingerprint density at radius 3 is 2.46 bits per heavy atom. The molecular formula is C20H22N2O2. The van der Waals surface area contributed by atoms with E-state index in [1.54, 1.807) is 18.2 Å². The summed E-state index contributed by atoms with van der Waals surface area (Å²) in [7, 11) is 0. The maximum absolute atomic E-state index is 12.6. The molecule has 1 aliphatic rings. The Bertz CT molecular complexity index is 770. The van der Waals surface area contributed by atoms with Crippen molar-refractivity contribution in [3.05, 3.63) is 65.2 Å². The molecule has 0 spiro atoms. The lowest BCUT2D eigenvalue weighted by Gasteiger charge is -2.33. The predicted molar refractivity (Wildman–Crippen MR) is 95.1 cm³/mol. The highest BCUT2D eigenvalue weighted by atomic mass is 16.2. The molecule has 0 aliphatic carbocycles. The second kappa shape index (κ2) is 6.97. The molecule has 1 amide bonds. The fourth-order valence-corrected chi connectivity index (χ4v) is 3.15. The zero-order valence-electron chi connectivity index (χ0n) is 14.1. The van der Waals surface area contributed by atoms with Gasteiger partial charge < -0.3 is 5.32 Å². The van der Waals surface area contributed by atoms with Crippen LogP contribution in [0.2, 0.25) is 0 Å². The third-order valence-electron chi connectivity index (χ3n) is 4.65. The van der Waals surface area contributed by atoms with Gasteiger partial charge >= 0.3 is 0 Å². The number of carbonyl (C=O) groups excluding carboxylic acids is 2. The van der Waals surface area contributed by atoms with E-state index in [2.05, 4.69) is 28.4 Å². The first-order chi connectivity index (χ1) is 11.6. The molecule has 0 radical (unpaired) electrons. The molecule has 0 fully saturated rings. The van der Waals surface area contributed by atoms with Crippen LogP contribution < -0.4 is 5.32 Å². The Kier molecular flexibility index (Phi) is 4.76. The molecule has 0 saturated heterocycles. The van der Waals surface area contributed by atoms with Crippen LogP contribution in [0.25, 0.3) is 0 Å². The summed E-state index contributed by atoms with van der Waals surface area (Å²) in [6, 6.07) is 15.3. The van der Waals surface area contributed by atoms with Gasteiger partial charge in [0.05, 0.1) is 11.7 Å². The Balaban J connectivity index is 1.71. The molecule has 3 rings (SSSR count). The van der Waals surface area contributed by atoms with Crippen LogP contribution in [0.1, 0.15) is 35.3 Å². The maximum atomic E-state index is 12.6. The fraction of sp³-hybridized carbons (Fsp3) is 0.300. The second-order valence-electron chi connectivity index (χ2n) is 6.26. The van der Waals surface area contributed by atoms with Crippen LogP contribution in [-0.4, -0.2) is 29.2 Å². The van der Waals surface area contributed by atoms with E-state index in [0.717, 1.165) is 19.5 Å². The highest BCUT2D eigenvalue weighted by Crippen LogP contribution is 2.21.